The fourth-order valence-electron chi connectivity index (χ4n) is 8.41. The van der Waals surface area contributed by atoms with Gasteiger partial charge in [-0.15, -0.1) is 0 Å². The van der Waals surface area contributed by atoms with Crippen LogP contribution in [0.15, 0.2) is 34.2 Å². The third-order valence-corrected chi connectivity index (χ3v) is 9.79. The van der Waals surface area contributed by atoms with E-state index in [9.17, 15) is 9.59 Å². The van der Waals surface area contributed by atoms with Gasteiger partial charge >= 0.3 is 5.97 Å². The number of ether oxygens (including phenoxy) is 1. The molecule has 2 aliphatic carbocycles. The standard InChI is InChI=1S/C31H42N4O4/c1-3-39-29(36)14-13-27(33-38-2)30-31(37)35(28-10-5-4-9-26(28)32-30)25-18-22-11-12-23(19-25)34(22)24-16-20-7-6-8-21(15-20)17-24/h4-5,9-10,20-25H,3,6-8,11-19H2,1-2H3/t20?,21?,22-,23?,24?,25?/m1/s1. The lowest BCUT2D eigenvalue weighted by atomic mass is 9.69. The Labute approximate surface area is 230 Å². The molecule has 4 unspecified atom stereocenters. The summed E-state index contributed by atoms with van der Waals surface area (Å²) in [5.74, 6) is 1.52. The molecular weight excluding hydrogens is 492 g/mol. The summed E-state index contributed by atoms with van der Waals surface area (Å²) in [7, 11) is 1.46. The topological polar surface area (TPSA) is 86.0 Å². The molecule has 210 valence electrons. The van der Waals surface area contributed by atoms with Crippen LogP contribution in [0.2, 0.25) is 0 Å². The molecule has 2 saturated heterocycles. The molecule has 8 nitrogen and oxygen atoms in total. The first kappa shape index (κ1) is 26.5. The van der Waals surface area contributed by atoms with Crippen molar-refractivity contribution in [1.29, 1.82) is 0 Å². The summed E-state index contributed by atoms with van der Waals surface area (Å²) in [4.78, 5) is 39.0. The van der Waals surface area contributed by atoms with E-state index in [-0.39, 0.29) is 36.1 Å². The molecule has 2 aromatic rings. The lowest BCUT2D eigenvalue weighted by Gasteiger charge is -2.49. The van der Waals surface area contributed by atoms with Gasteiger partial charge in [0.05, 0.1) is 24.1 Å². The van der Waals surface area contributed by atoms with Crippen LogP contribution < -0.4 is 5.56 Å². The predicted octanol–water partition coefficient (Wildman–Crippen LogP) is 5.23. The number of carbonyl (C=O) groups is 1. The van der Waals surface area contributed by atoms with Crippen LogP contribution in [0.1, 0.15) is 95.7 Å². The van der Waals surface area contributed by atoms with Crippen molar-refractivity contribution in [3.63, 3.8) is 0 Å². The molecule has 5 atom stereocenters. The van der Waals surface area contributed by atoms with E-state index in [1.54, 1.807) is 6.92 Å². The van der Waals surface area contributed by atoms with Gasteiger partial charge in [-0.1, -0.05) is 36.6 Å². The van der Waals surface area contributed by atoms with Crippen molar-refractivity contribution in [2.24, 2.45) is 17.0 Å². The number of nitrogens with zero attached hydrogens (tertiary/aromatic N) is 4. The molecule has 2 aliphatic heterocycles. The summed E-state index contributed by atoms with van der Waals surface area (Å²) in [5.41, 5.74) is 2.16. The number of aromatic nitrogens is 2. The second-order valence-corrected chi connectivity index (χ2v) is 12.1. The minimum Gasteiger partial charge on any atom is -0.466 e. The van der Waals surface area contributed by atoms with Gasteiger partial charge in [0.2, 0.25) is 0 Å². The first-order valence-corrected chi connectivity index (χ1v) is 15.1. The fraction of sp³-hybridized carbons (Fsp3) is 0.677. The Balaban J connectivity index is 1.30. The van der Waals surface area contributed by atoms with Crippen molar-refractivity contribution in [2.75, 3.05) is 13.7 Å². The highest BCUT2D eigenvalue weighted by Crippen LogP contribution is 2.48. The number of piperidine rings is 1. The second kappa shape index (κ2) is 11.4. The first-order chi connectivity index (χ1) is 19.1. The van der Waals surface area contributed by atoms with E-state index >= 15 is 0 Å². The molecule has 8 heteroatoms. The molecule has 1 aromatic carbocycles. The zero-order valence-corrected chi connectivity index (χ0v) is 23.4. The smallest absolute Gasteiger partial charge is 0.306 e. The SMILES string of the molecule is CCOC(=O)CCC(=NOC)c1nc2ccccc2n(C2CC3CC[C@H](C2)N3C2CC3CCCC(C3)C2)c1=O. The van der Waals surface area contributed by atoms with Crippen LogP contribution in [0, 0.1) is 11.8 Å². The van der Waals surface area contributed by atoms with Crippen LogP contribution in [0.25, 0.3) is 11.0 Å². The maximum absolute atomic E-state index is 14.2. The highest BCUT2D eigenvalue weighted by Gasteiger charge is 2.47. The number of benzene rings is 1. The molecule has 4 fully saturated rings. The average molecular weight is 535 g/mol. The Hall–Kier alpha value is -2.74. The van der Waals surface area contributed by atoms with Gasteiger partial charge in [-0.05, 0) is 75.8 Å². The summed E-state index contributed by atoms with van der Waals surface area (Å²) in [6.45, 7) is 2.10. The third-order valence-electron chi connectivity index (χ3n) is 9.79. The van der Waals surface area contributed by atoms with E-state index in [1.807, 2.05) is 28.8 Å². The normalized spacial score (nSPS) is 30.9. The van der Waals surface area contributed by atoms with Crippen molar-refractivity contribution < 1.29 is 14.4 Å². The predicted molar refractivity (Wildman–Crippen MR) is 151 cm³/mol. The maximum Gasteiger partial charge on any atom is 0.306 e. The average Bonchev–Trinajstić information content (AvgIpc) is 3.20. The number of rotatable bonds is 8. The van der Waals surface area contributed by atoms with E-state index < -0.39 is 0 Å². The molecule has 39 heavy (non-hydrogen) atoms. The van der Waals surface area contributed by atoms with Gasteiger partial charge in [0.25, 0.3) is 5.56 Å². The Morgan fingerprint density at radius 3 is 2.36 bits per heavy atom. The molecule has 1 aromatic heterocycles. The molecule has 4 bridgehead atoms. The Kier molecular flexibility index (Phi) is 7.74. The van der Waals surface area contributed by atoms with Crippen LogP contribution in [-0.4, -0.2) is 58.0 Å². The maximum atomic E-state index is 14.2. The van der Waals surface area contributed by atoms with Gasteiger partial charge in [0.15, 0.2) is 5.69 Å². The lowest BCUT2D eigenvalue weighted by Crippen LogP contribution is -2.52. The second-order valence-electron chi connectivity index (χ2n) is 12.1. The van der Waals surface area contributed by atoms with E-state index in [1.165, 1.54) is 58.5 Å². The van der Waals surface area contributed by atoms with Gasteiger partial charge < -0.3 is 14.1 Å². The van der Waals surface area contributed by atoms with Gasteiger partial charge in [0, 0.05) is 30.6 Å². The third kappa shape index (κ3) is 5.24. The van der Waals surface area contributed by atoms with Crippen molar-refractivity contribution in [1.82, 2.24) is 14.5 Å². The summed E-state index contributed by atoms with van der Waals surface area (Å²) < 4.78 is 7.09. The highest BCUT2D eigenvalue weighted by atomic mass is 16.6. The first-order valence-electron chi connectivity index (χ1n) is 15.1. The largest absolute Gasteiger partial charge is 0.466 e. The van der Waals surface area contributed by atoms with Crippen molar-refractivity contribution in [3.05, 3.63) is 40.3 Å². The number of para-hydroxylation sites is 2. The molecule has 2 saturated carbocycles. The molecule has 0 radical (unpaired) electrons. The fourth-order valence-corrected chi connectivity index (χ4v) is 8.41. The van der Waals surface area contributed by atoms with E-state index in [0.717, 1.165) is 41.8 Å². The number of fused-ring (bicyclic) bond motifs is 5. The monoisotopic (exact) mass is 534 g/mol. The number of carbonyl (C=O) groups excluding carboxylic acids is 1. The molecule has 4 aliphatic rings. The summed E-state index contributed by atoms with van der Waals surface area (Å²) >= 11 is 0. The summed E-state index contributed by atoms with van der Waals surface area (Å²) in [5, 5.41) is 4.15. The van der Waals surface area contributed by atoms with E-state index in [2.05, 4.69) is 10.1 Å². The molecule has 0 N–H and O–H groups in total. The minimum atomic E-state index is -0.321. The Bertz CT molecular complexity index is 1260. The van der Waals surface area contributed by atoms with Crippen molar-refractivity contribution >= 4 is 22.7 Å². The zero-order valence-electron chi connectivity index (χ0n) is 23.4. The van der Waals surface area contributed by atoms with Crippen LogP contribution >= 0.6 is 0 Å². The minimum absolute atomic E-state index is 0.120. The van der Waals surface area contributed by atoms with Gasteiger partial charge in [-0.2, -0.15) is 0 Å². The van der Waals surface area contributed by atoms with Gasteiger partial charge in [-0.3, -0.25) is 14.5 Å². The molecule has 6 rings (SSSR count). The number of esters is 1. The number of hydrogen-bond donors (Lipinski definition) is 0. The Morgan fingerprint density at radius 2 is 1.67 bits per heavy atom. The van der Waals surface area contributed by atoms with Crippen molar-refractivity contribution in [3.8, 4) is 0 Å². The van der Waals surface area contributed by atoms with Crippen LogP contribution in [-0.2, 0) is 14.4 Å². The van der Waals surface area contributed by atoms with Crippen LogP contribution in [0.3, 0.4) is 0 Å². The van der Waals surface area contributed by atoms with Crippen LogP contribution in [0.5, 0.6) is 0 Å². The highest BCUT2D eigenvalue weighted by molar-refractivity contribution is 6.00. The molecule has 0 amide bonds. The molecule has 3 heterocycles. The van der Waals surface area contributed by atoms with E-state index in [4.69, 9.17) is 14.6 Å². The summed E-state index contributed by atoms with van der Waals surface area (Å²) in [6.07, 6.45) is 13.3. The molecule has 0 spiro atoms. The Morgan fingerprint density at radius 1 is 0.949 bits per heavy atom. The van der Waals surface area contributed by atoms with Gasteiger partial charge in [0.1, 0.15) is 12.8 Å². The number of hydrogen-bond acceptors (Lipinski definition) is 7. The number of oxime groups is 1. The van der Waals surface area contributed by atoms with Crippen molar-refractivity contribution in [2.45, 2.75) is 108 Å². The molecular formula is C31H42N4O4. The van der Waals surface area contributed by atoms with E-state index in [0.29, 0.717) is 24.4 Å². The summed E-state index contributed by atoms with van der Waals surface area (Å²) in [6, 6.07) is 9.81. The zero-order chi connectivity index (χ0) is 26.9. The van der Waals surface area contributed by atoms with Gasteiger partial charge in [-0.25, -0.2) is 4.98 Å². The lowest BCUT2D eigenvalue weighted by molar-refractivity contribution is -0.142. The quantitative estimate of drug-likeness (QED) is 0.262. The van der Waals surface area contributed by atoms with Crippen LogP contribution in [0.4, 0.5) is 0 Å².